The number of benzene rings is 1. The summed E-state index contributed by atoms with van der Waals surface area (Å²) in [6.07, 6.45) is 0. The van der Waals surface area contributed by atoms with Crippen LogP contribution in [0.1, 0.15) is 37.7 Å². The van der Waals surface area contributed by atoms with Gasteiger partial charge in [0.15, 0.2) is 5.65 Å². The fourth-order valence-electron chi connectivity index (χ4n) is 2.99. The highest BCUT2D eigenvalue weighted by Crippen LogP contribution is 2.21. The molecular formula is C19H21N5O2. The van der Waals surface area contributed by atoms with Crippen LogP contribution in [0.5, 0.6) is 0 Å². The number of hydrogen-bond acceptors (Lipinski definition) is 4. The van der Waals surface area contributed by atoms with Crippen molar-refractivity contribution in [1.82, 2.24) is 25.4 Å². The Labute approximate surface area is 151 Å². The summed E-state index contributed by atoms with van der Waals surface area (Å²) in [6, 6.07) is 8.94. The smallest absolute Gasteiger partial charge is 0.252 e. The zero-order valence-corrected chi connectivity index (χ0v) is 15.3. The van der Waals surface area contributed by atoms with Gasteiger partial charge in [0.05, 0.1) is 16.6 Å². The molecule has 26 heavy (non-hydrogen) atoms. The van der Waals surface area contributed by atoms with Gasteiger partial charge in [-0.1, -0.05) is 12.1 Å². The topological polar surface area (TPSA) is 88.9 Å². The number of hydrogen-bond donors (Lipinski definition) is 2. The van der Waals surface area contributed by atoms with Crippen molar-refractivity contribution >= 4 is 22.8 Å². The van der Waals surface area contributed by atoms with E-state index < -0.39 is 0 Å². The molecule has 7 nitrogen and oxygen atoms in total. The van der Waals surface area contributed by atoms with E-state index in [1.54, 1.807) is 36.0 Å². The average molecular weight is 351 g/mol. The van der Waals surface area contributed by atoms with Crippen molar-refractivity contribution < 1.29 is 9.59 Å². The highest BCUT2D eigenvalue weighted by Gasteiger charge is 2.17. The predicted octanol–water partition coefficient (Wildman–Crippen LogP) is 1.87. The second-order valence-electron chi connectivity index (χ2n) is 6.18. The molecule has 0 unspecified atom stereocenters. The number of carbonyl (C=O) groups excluding carboxylic acids is 2. The van der Waals surface area contributed by atoms with Crippen LogP contribution in [-0.2, 0) is 13.6 Å². The van der Waals surface area contributed by atoms with Crippen molar-refractivity contribution in [3.05, 3.63) is 58.4 Å². The fourth-order valence-corrected chi connectivity index (χ4v) is 2.99. The van der Waals surface area contributed by atoms with Gasteiger partial charge in [-0.15, -0.1) is 0 Å². The molecule has 0 atom stereocenters. The Morgan fingerprint density at radius 2 is 1.92 bits per heavy atom. The van der Waals surface area contributed by atoms with Gasteiger partial charge in [-0.2, -0.15) is 5.10 Å². The Bertz CT molecular complexity index is 1010. The Hall–Kier alpha value is -3.22. The minimum atomic E-state index is -0.193. The number of nitrogens with one attached hydrogen (secondary N) is 2. The van der Waals surface area contributed by atoms with Gasteiger partial charge in [0.1, 0.15) is 0 Å². The van der Waals surface area contributed by atoms with Crippen LogP contribution < -0.4 is 10.6 Å². The largest absolute Gasteiger partial charge is 0.355 e. The van der Waals surface area contributed by atoms with Crippen LogP contribution in [0.2, 0.25) is 0 Å². The van der Waals surface area contributed by atoms with Gasteiger partial charge in [-0.3, -0.25) is 14.3 Å². The molecule has 0 spiro atoms. The molecule has 0 aliphatic rings. The zero-order valence-electron chi connectivity index (χ0n) is 15.3. The Morgan fingerprint density at radius 1 is 1.15 bits per heavy atom. The predicted molar refractivity (Wildman–Crippen MR) is 99.0 cm³/mol. The monoisotopic (exact) mass is 351 g/mol. The first-order valence-corrected chi connectivity index (χ1v) is 8.31. The molecule has 0 aliphatic heterocycles. The molecule has 134 valence electrons. The standard InChI is InChI=1S/C19H21N5O2/c1-11-8-15(16-12(2)23-24(4)17(16)22-11)19(26)21-10-13-6-5-7-14(9-13)18(25)20-3/h5-9H,10H2,1-4H3,(H,20,25)(H,21,26). The van der Waals surface area contributed by atoms with Crippen molar-refractivity contribution in [1.29, 1.82) is 0 Å². The third-order valence-corrected chi connectivity index (χ3v) is 4.21. The molecule has 2 heterocycles. The van der Waals surface area contributed by atoms with E-state index in [0.717, 1.165) is 22.3 Å². The number of carbonyl (C=O) groups is 2. The lowest BCUT2D eigenvalue weighted by Crippen LogP contribution is -2.24. The molecular weight excluding hydrogens is 330 g/mol. The maximum Gasteiger partial charge on any atom is 0.252 e. The number of aryl methyl sites for hydroxylation is 3. The zero-order chi connectivity index (χ0) is 18.8. The molecule has 0 aliphatic carbocycles. The van der Waals surface area contributed by atoms with Crippen LogP contribution in [0.3, 0.4) is 0 Å². The number of aromatic nitrogens is 3. The first-order valence-electron chi connectivity index (χ1n) is 8.31. The van der Waals surface area contributed by atoms with E-state index in [-0.39, 0.29) is 11.8 Å². The highest BCUT2D eigenvalue weighted by atomic mass is 16.2. The summed E-state index contributed by atoms with van der Waals surface area (Å²) in [6.45, 7) is 4.04. The molecule has 3 aromatic rings. The second kappa shape index (κ2) is 6.95. The van der Waals surface area contributed by atoms with E-state index >= 15 is 0 Å². The minimum absolute atomic E-state index is 0.157. The van der Waals surface area contributed by atoms with E-state index in [9.17, 15) is 9.59 Å². The minimum Gasteiger partial charge on any atom is -0.355 e. The third-order valence-electron chi connectivity index (χ3n) is 4.21. The van der Waals surface area contributed by atoms with E-state index in [1.807, 2.05) is 27.0 Å². The summed E-state index contributed by atoms with van der Waals surface area (Å²) in [7, 11) is 3.40. The van der Waals surface area contributed by atoms with Crippen molar-refractivity contribution in [3.63, 3.8) is 0 Å². The first kappa shape index (κ1) is 17.6. The van der Waals surface area contributed by atoms with Crippen LogP contribution in [0.4, 0.5) is 0 Å². The molecule has 2 amide bonds. The Morgan fingerprint density at radius 3 is 2.65 bits per heavy atom. The molecule has 7 heteroatoms. The molecule has 2 aromatic heterocycles. The SMILES string of the molecule is CNC(=O)c1cccc(CNC(=O)c2cc(C)nc3c2c(C)nn3C)c1. The van der Waals surface area contributed by atoms with Crippen LogP contribution >= 0.6 is 0 Å². The van der Waals surface area contributed by atoms with E-state index in [2.05, 4.69) is 20.7 Å². The molecule has 0 bridgehead atoms. The first-order chi connectivity index (χ1) is 12.4. The van der Waals surface area contributed by atoms with Gasteiger partial charge in [0.25, 0.3) is 11.8 Å². The summed E-state index contributed by atoms with van der Waals surface area (Å²) < 4.78 is 1.68. The molecule has 0 saturated heterocycles. The van der Waals surface area contributed by atoms with Gasteiger partial charge >= 0.3 is 0 Å². The van der Waals surface area contributed by atoms with Gasteiger partial charge in [0, 0.05) is 31.9 Å². The van der Waals surface area contributed by atoms with Crippen molar-refractivity contribution in [2.45, 2.75) is 20.4 Å². The second-order valence-corrected chi connectivity index (χ2v) is 6.18. The lowest BCUT2D eigenvalue weighted by molar-refractivity contribution is 0.0950. The van der Waals surface area contributed by atoms with Gasteiger partial charge in [0.2, 0.25) is 0 Å². The van der Waals surface area contributed by atoms with Gasteiger partial charge < -0.3 is 10.6 Å². The highest BCUT2D eigenvalue weighted by molar-refractivity contribution is 6.06. The maximum absolute atomic E-state index is 12.8. The summed E-state index contributed by atoms with van der Waals surface area (Å²) in [5, 5.41) is 10.6. The molecule has 0 fully saturated rings. The lowest BCUT2D eigenvalue weighted by Gasteiger charge is -2.09. The number of fused-ring (bicyclic) bond motifs is 1. The van der Waals surface area contributed by atoms with E-state index in [1.165, 1.54) is 0 Å². The quantitative estimate of drug-likeness (QED) is 0.751. The molecule has 0 radical (unpaired) electrons. The number of amides is 2. The fraction of sp³-hybridized carbons (Fsp3) is 0.263. The average Bonchev–Trinajstić information content (AvgIpc) is 2.92. The molecule has 3 rings (SSSR count). The van der Waals surface area contributed by atoms with E-state index in [0.29, 0.717) is 23.3 Å². The Kier molecular flexibility index (Phi) is 4.71. The normalized spacial score (nSPS) is 10.8. The summed E-state index contributed by atoms with van der Waals surface area (Å²) in [4.78, 5) is 29.0. The van der Waals surface area contributed by atoms with Gasteiger partial charge in [-0.25, -0.2) is 4.98 Å². The van der Waals surface area contributed by atoms with Crippen LogP contribution in [0.25, 0.3) is 11.0 Å². The Balaban J connectivity index is 1.85. The summed E-state index contributed by atoms with van der Waals surface area (Å²) in [5.74, 6) is -0.349. The third kappa shape index (κ3) is 3.28. The summed E-state index contributed by atoms with van der Waals surface area (Å²) >= 11 is 0. The van der Waals surface area contributed by atoms with Crippen molar-refractivity contribution in [2.75, 3.05) is 7.05 Å². The molecule has 2 N–H and O–H groups in total. The lowest BCUT2D eigenvalue weighted by atomic mass is 10.1. The molecule has 1 aromatic carbocycles. The molecule has 0 saturated carbocycles. The van der Waals surface area contributed by atoms with Crippen LogP contribution in [-0.4, -0.2) is 33.6 Å². The van der Waals surface area contributed by atoms with Gasteiger partial charge in [-0.05, 0) is 37.6 Å². The van der Waals surface area contributed by atoms with Crippen LogP contribution in [0.15, 0.2) is 30.3 Å². The van der Waals surface area contributed by atoms with Crippen molar-refractivity contribution in [3.8, 4) is 0 Å². The number of rotatable bonds is 4. The van der Waals surface area contributed by atoms with Crippen molar-refractivity contribution in [2.24, 2.45) is 7.05 Å². The van der Waals surface area contributed by atoms with Crippen LogP contribution in [0, 0.1) is 13.8 Å². The summed E-state index contributed by atoms with van der Waals surface area (Å²) in [5.41, 5.74) is 4.18. The number of nitrogens with zero attached hydrogens (tertiary/aromatic N) is 3. The number of pyridine rings is 1. The maximum atomic E-state index is 12.8. The van der Waals surface area contributed by atoms with E-state index in [4.69, 9.17) is 0 Å².